The average Bonchev–Trinajstić information content (AvgIpc) is 2.80. The molecule has 1 aromatic heterocycles. The Morgan fingerprint density at radius 2 is 2.06 bits per heavy atom. The molecule has 0 aliphatic heterocycles. The summed E-state index contributed by atoms with van der Waals surface area (Å²) in [6.45, 7) is 3.23. The number of rotatable bonds is 5. The van der Waals surface area contributed by atoms with Crippen LogP contribution in [0.5, 0.6) is 5.75 Å². The largest absolute Gasteiger partial charge is 0.493 e. The van der Waals surface area contributed by atoms with Gasteiger partial charge in [-0.1, -0.05) is 17.7 Å². The molecule has 90 valence electrons. The Morgan fingerprint density at radius 3 is 2.71 bits per heavy atom. The smallest absolute Gasteiger partial charge is 0.119 e. The normalized spacial score (nSPS) is 10.5. The van der Waals surface area contributed by atoms with Crippen LogP contribution in [-0.2, 0) is 13.0 Å². The fourth-order valence-electron chi connectivity index (χ4n) is 1.45. The molecule has 0 atom stereocenters. The maximum absolute atomic E-state index is 5.64. The van der Waals surface area contributed by atoms with Crippen molar-refractivity contribution in [1.29, 1.82) is 0 Å². The highest BCUT2D eigenvalue weighted by Gasteiger charge is 2.01. The molecule has 0 amide bonds. The lowest BCUT2D eigenvalue weighted by molar-refractivity contribution is 0.321. The molecule has 0 bridgehead atoms. The minimum absolute atomic E-state index is 0.509. The lowest BCUT2D eigenvalue weighted by Gasteiger charge is -2.04. The zero-order valence-corrected chi connectivity index (χ0v) is 10.7. The number of aromatic nitrogens is 1. The minimum atomic E-state index is 0.509. The zero-order chi connectivity index (χ0) is 12.1. The highest BCUT2D eigenvalue weighted by Crippen LogP contribution is 2.13. The van der Waals surface area contributed by atoms with Gasteiger partial charge in [0.25, 0.3) is 0 Å². The quantitative estimate of drug-likeness (QED) is 0.884. The first-order valence-corrected chi connectivity index (χ1v) is 6.48. The molecule has 2 rings (SSSR count). The molecule has 0 spiro atoms. The van der Waals surface area contributed by atoms with Crippen LogP contribution in [0.4, 0.5) is 0 Å². The zero-order valence-electron chi connectivity index (χ0n) is 9.85. The van der Waals surface area contributed by atoms with Gasteiger partial charge >= 0.3 is 0 Å². The monoisotopic (exact) mass is 248 g/mol. The summed E-state index contributed by atoms with van der Waals surface area (Å²) in [6.07, 6.45) is 0.832. The Morgan fingerprint density at radius 1 is 1.29 bits per heavy atom. The first kappa shape index (κ1) is 12.1. The van der Waals surface area contributed by atoms with Crippen molar-refractivity contribution in [1.82, 2.24) is 4.98 Å². The van der Waals surface area contributed by atoms with E-state index in [9.17, 15) is 0 Å². The summed E-state index contributed by atoms with van der Waals surface area (Å²) < 4.78 is 5.64. The Bertz CT molecular complexity index is 465. The minimum Gasteiger partial charge on any atom is -0.493 e. The molecule has 1 aromatic carbocycles. The molecule has 0 saturated carbocycles. The summed E-state index contributed by atoms with van der Waals surface area (Å²) in [7, 11) is 0. The van der Waals surface area contributed by atoms with Crippen molar-refractivity contribution in [2.24, 2.45) is 5.73 Å². The molecule has 0 saturated heterocycles. The number of hydrogen-bond donors (Lipinski definition) is 1. The molecule has 1 heterocycles. The van der Waals surface area contributed by atoms with Gasteiger partial charge in [-0.05, 0) is 19.1 Å². The van der Waals surface area contributed by atoms with E-state index in [1.807, 2.05) is 29.6 Å². The van der Waals surface area contributed by atoms with Crippen molar-refractivity contribution in [3.05, 3.63) is 45.9 Å². The van der Waals surface area contributed by atoms with Crippen molar-refractivity contribution in [2.45, 2.75) is 19.9 Å². The van der Waals surface area contributed by atoms with Crippen LogP contribution in [0.2, 0.25) is 0 Å². The Balaban J connectivity index is 1.81. The summed E-state index contributed by atoms with van der Waals surface area (Å²) >= 11 is 1.64. The van der Waals surface area contributed by atoms with Crippen LogP contribution in [0, 0.1) is 6.92 Å². The third-order valence-electron chi connectivity index (χ3n) is 2.41. The number of benzene rings is 1. The van der Waals surface area contributed by atoms with Crippen LogP contribution >= 0.6 is 11.3 Å². The molecule has 0 radical (unpaired) electrons. The first-order valence-electron chi connectivity index (χ1n) is 5.61. The van der Waals surface area contributed by atoms with Gasteiger partial charge in [-0.15, -0.1) is 11.3 Å². The highest BCUT2D eigenvalue weighted by atomic mass is 32.1. The Hall–Kier alpha value is -1.39. The van der Waals surface area contributed by atoms with E-state index in [1.54, 1.807) is 11.3 Å². The maximum atomic E-state index is 5.64. The third kappa shape index (κ3) is 3.54. The van der Waals surface area contributed by atoms with Gasteiger partial charge in [0.15, 0.2) is 0 Å². The summed E-state index contributed by atoms with van der Waals surface area (Å²) in [5.74, 6) is 0.909. The number of aryl methyl sites for hydroxylation is 1. The summed E-state index contributed by atoms with van der Waals surface area (Å²) in [5, 5.41) is 3.08. The van der Waals surface area contributed by atoms with Crippen molar-refractivity contribution in [3.8, 4) is 5.75 Å². The van der Waals surface area contributed by atoms with E-state index in [0.717, 1.165) is 22.9 Å². The molecule has 2 N–H and O–H groups in total. The fraction of sp³-hybridized carbons (Fsp3) is 0.308. The number of hydrogen-bond acceptors (Lipinski definition) is 4. The fourth-order valence-corrected chi connectivity index (χ4v) is 2.24. The lowest BCUT2D eigenvalue weighted by atomic mass is 10.2. The van der Waals surface area contributed by atoms with Gasteiger partial charge in [-0.3, -0.25) is 0 Å². The second kappa shape index (κ2) is 5.80. The predicted molar refractivity (Wildman–Crippen MR) is 70.4 cm³/mol. The predicted octanol–water partition coefficient (Wildman–Crippen LogP) is 2.53. The van der Waals surface area contributed by atoms with E-state index in [2.05, 4.69) is 11.9 Å². The van der Waals surface area contributed by atoms with Gasteiger partial charge < -0.3 is 10.5 Å². The van der Waals surface area contributed by atoms with Crippen LogP contribution in [0.15, 0.2) is 29.6 Å². The van der Waals surface area contributed by atoms with Crippen molar-refractivity contribution in [3.63, 3.8) is 0 Å². The van der Waals surface area contributed by atoms with E-state index in [-0.39, 0.29) is 0 Å². The topological polar surface area (TPSA) is 48.1 Å². The van der Waals surface area contributed by atoms with E-state index in [1.165, 1.54) is 5.56 Å². The van der Waals surface area contributed by atoms with Crippen molar-refractivity contribution >= 4 is 11.3 Å². The SMILES string of the molecule is Cc1ccc(OCCc2nc(CN)cs2)cc1. The van der Waals surface area contributed by atoms with E-state index >= 15 is 0 Å². The summed E-state index contributed by atoms with van der Waals surface area (Å²) in [6, 6.07) is 8.07. The average molecular weight is 248 g/mol. The van der Waals surface area contributed by atoms with Gasteiger partial charge in [0.05, 0.1) is 17.3 Å². The van der Waals surface area contributed by atoms with Gasteiger partial charge in [0, 0.05) is 18.3 Å². The lowest BCUT2D eigenvalue weighted by Crippen LogP contribution is -2.02. The van der Waals surface area contributed by atoms with E-state index in [4.69, 9.17) is 10.5 Å². The Labute approximate surface area is 105 Å². The molecule has 3 nitrogen and oxygen atoms in total. The third-order valence-corrected chi connectivity index (χ3v) is 3.37. The van der Waals surface area contributed by atoms with Crippen LogP contribution in [0.3, 0.4) is 0 Å². The first-order chi connectivity index (χ1) is 8.28. The maximum Gasteiger partial charge on any atom is 0.119 e. The second-order valence-electron chi connectivity index (χ2n) is 3.85. The molecule has 0 unspecified atom stereocenters. The van der Waals surface area contributed by atoms with Crippen molar-refractivity contribution in [2.75, 3.05) is 6.61 Å². The van der Waals surface area contributed by atoms with Crippen LogP contribution in [0.1, 0.15) is 16.3 Å². The number of ether oxygens (including phenoxy) is 1. The number of nitrogens with two attached hydrogens (primary N) is 1. The van der Waals surface area contributed by atoms with Gasteiger partial charge in [-0.2, -0.15) is 0 Å². The molecular formula is C13H16N2OS. The molecule has 4 heteroatoms. The van der Waals surface area contributed by atoms with E-state index < -0.39 is 0 Å². The molecule has 0 fully saturated rings. The molecule has 17 heavy (non-hydrogen) atoms. The Kier molecular flexibility index (Phi) is 4.12. The van der Waals surface area contributed by atoms with Gasteiger partial charge in [0.2, 0.25) is 0 Å². The molecule has 2 aromatic rings. The van der Waals surface area contributed by atoms with Crippen LogP contribution in [0.25, 0.3) is 0 Å². The standard InChI is InChI=1S/C13H16N2OS/c1-10-2-4-12(5-3-10)16-7-6-13-15-11(8-14)9-17-13/h2-5,9H,6-8,14H2,1H3. The molecular weight excluding hydrogens is 232 g/mol. The summed E-state index contributed by atoms with van der Waals surface area (Å²) in [5.41, 5.74) is 7.71. The highest BCUT2D eigenvalue weighted by molar-refractivity contribution is 7.09. The van der Waals surface area contributed by atoms with Gasteiger partial charge in [0.1, 0.15) is 5.75 Å². The summed E-state index contributed by atoms with van der Waals surface area (Å²) in [4.78, 5) is 4.39. The molecule has 0 aliphatic rings. The molecule has 0 aliphatic carbocycles. The van der Waals surface area contributed by atoms with E-state index in [0.29, 0.717) is 13.2 Å². The van der Waals surface area contributed by atoms with Crippen molar-refractivity contribution < 1.29 is 4.74 Å². The van der Waals surface area contributed by atoms with Crippen LogP contribution < -0.4 is 10.5 Å². The number of nitrogens with zero attached hydrogens (tertiary/aromatic N) is 1. The van der Waals surface area contributed by atoms with Crippen LogP contribution in [-0.4, -0.2) is 11.6 Å². The number of thiazole rings is 1. The second-order valence-corrected chi connectivity index (χ2v) is 4.79. The van der Waals surface area contributed by atoms with Gasteiger partial charge in [-0.25, -0.2) is 4.98 Å².